The van der Waals surface area contributed by atoms with E-state index in [2.05, 4.69) is 0 Å². The molecule has 4 rings (SSSR count). The average Bonchev–Trinajstić information content (AvgIpc) is 2.79. The fourth-order valence-corrected chi connectivity index (χ4v) is 6.24. The number of Topliss-reactive ketones (excluding diaryl/α,β-unsaturated/α-hetero) is 1. The molecule has 0 radical (unpaired) electrons. The average molecular weight is 246 g/mol. The van der Waals surface area contributed by atoms with Crippen molar-refractivity contribution in [3.05, 3.63) is 0 Å². The van der Waals surface area contributed by atoms with E-state index in [-0.39, 0.29) is 0 Å². The van der Waals surface area contributed by atoms with Crippen LogP contribution in [-0.4, -0.2) is 5.78 Å². The van der Waals surface area contributed by atoms with Crippen LogP contribution in [0.1, 0.15) is 64.2 Å². The lowest BCUT2D eigenvalue weighted by atomic mass is 9.54. The molecule has 0 spiro atoms. The van der Waals surface area contributed by atoms with Crippen LogP contribution in [-0.2, 0) is 4.79 Å². The van der Waals surface area contributed by atoms with Gasteiger partial charge in [0.2, 0.25) is 0 Å². The number of rotatable bonds is 0. The Kier molecular flexibility index (Phi) is 2.78. The predicted molar refractivity (Wildman–Crippen MR) is 72.1 cm³/mol. The van der Waals surface area contributed by atoms with Crippen molar-refractivity contribution in [3.63, 3.8) is 0 Å². The van der Waals surface area contributed by atoms with Crippen molar-refractivity contribution in [2.24, 2.45) is 35.5 Å². The van der Waals surface area contributed by atoms with E-state index in [0.717, 1.165) is 48.3 Å². The van der Waals surface area contributed by atoms with E-state index in [1.54, 1.807) is 0 Å². The highest BCUT2D eigenvalue weighted by molar-refractivity contribution is 5.81. The van der Waals surface area contributed by atoms with Gasteiger partial charge in [-0.05, 0) is 67.6 Å². The van der Waals surface area contributed by atoms with Gasteiger partial charge in [0.25, 0.3) is 0 Å². The molecule has 0 aromatic carbocycles. The zero-order valence-electron chi connectivity index (χ0n) is 11.4. The zero-order valence-corrected chi connectivity index (χ0v) is 11.4. The highest BCUT2D eigenvalue weighted by atomic mass is 16.1. The molecule has 4 aliphatic rings. The fourth-order valence-electron chi connectivity index (χ4n) is 6.24. The van der Waals surface area contributed by atoms with E-state index in [1.165, 1.54) is 51.4 Å². The van der Waals surface area contributed by atoms with E-state index >= 15 is 0 Å². The van der Waals surface area contributed by atoms with Crippen molar-refractivity contribution in [1.82, 2.24) is 0 Å². The lowest BCUT2D eigenvalue weighted by Gasteiger charge is -2.51. The number of ketones is 1. The molecule has 4 aliphatic carbocycles. The van der Waals surface area contributed by atoms with Gasteiger partial charge in [0.15, 0.2) is 0 Å². The van der Waals surface area contributed by atoms with Gasteiger partial charge in [-0.15, -0.1) is 0 Å². The Labute approximate surface area is 111 Å². The van der Waals surface area contributed by atoms with Gasteiger partial charge in [0.1, 0.15) is 5.78 Å². The maximum atomic E-state index is 11.8. The predicted octanol–water partition coefficient (Wildman–Crippen LogP) is 4.21. The first kappa shape index (κ1) is 11.5. The first-order valence-corrected chi connectivity index (χ1v) is 8.34. The van der Waals surface area contributed by atoms with Gasteiger partial charge in [-0.1, -0.05) is 19.3 Å². The van der Waals surface area contributed by atoms with Gasteiger partial charge >= 0.3 is 0 Å². The molecule has 0 amide bonds. The Bertz CT molecular complexity index is 348. The molecule has 100 valence electrons. The van der Waals surface area contributed by atoms with E-state index < -0.39 is 0 Å². The molecule has 1 nitrogen and oxygen atoms in total. The summed E-state index contributed by atoms with van der Waals surface area (Å²) in [7, 11) is 0. The molecule has 4 fully saturated rings. The molecule has 5 unspecified atom stereocenters. The van der Waals surface area contributed by atoms with Gasteiger partial charge in [0, 0.05) is 12.8 Å². The number of carbonyl (C=O) groups excluding carboxylic acids is 1. The number of hydrogen-bond acceptors (Lipinski definition) is 1. The maximum Gasteiger partial charge on any atom is 0.133 e. The third kappa shape index (κ3) is 1.69. The van der Waals surface area contributed by atoms with Crippen LogP contribution in [0, 0.1) is 35.5 Å². The van der Waals surface area contributed by atoms with Crippen LogP contribution in [0.15, 0.2) is 0 Å². The Hall–Kier alpha value is -0.330. The van der Waals surface area contributed by atoms with Gasteiger partial charge < -0.3 is 0 Å². The largest absolute Gasteiger partial charge is 0.300 e. The molecule has 0 saturated heterocycles. The van der Waals surface area contributed by atoms with Crippen molar-refractivity contribution in [2.45, 2.75) is 64.2 Å². The van der Waals surface area contributed by atoms with E-state index in [1.807, 2.05) is 0 Å². The normalized spacial score (nSPS) is 51.4. The molecule has 0 aromatic heterocycles. The van der Waals surface area contributed by atoms with Gasteiger partial charge in [-0.3, -0.25) is 4.79 Å². The minimum absolute atomic E-state index is 0.580. The summed E-state index contributed by atoms with van der Waals surface area (Å²) in [4.78, 5) is 11.8. The molecule has 0 aliphatic heterocycles. The Morgan fingerprint density at radius 1 is 0.611 bits per heavy atom. The van der Waals surface area contributed by atoms with Crippen molar-refractivity contribution in [1.29, 1.82) is 0 Å². The molecular weight excluding hydrogens is 220 g/mol. The molecule has 0 N–H and O–H groups in total. The monoisotopic (exact) mass is 246 g/mol. The van der Waals surface area contributed by atoms with Gasteiger partial charge in [0.05, 0.1) is 0 Å². The standard InChI is InChI=1S/C17H26O/c18-13-9-12-6-8-15-14-4-2-1-3-11(14)5-7-16(15)17(12)10-13/h11-12,14-17H,1-10H2/t11-,12?,14?,15?,16?,17?/m0/s1. The van der Waals surface area contributed by atoms with Crippen LogP contribution in [0.5, 0.6) is 0 Å². The first-order chi connectivity index (χ1) is 8.83. The molecule has 0 heterocycles. The van der Waals surface area contributed by atoms with Crippen LogP contribution in [0.4, 0.5) is 0 Å². The van der Waals surface area contributed by atoms with Crippen LogP contribution in [0.2, 0.25) is 0 Å². The fraction of sp³-hybridized carbons (Fsp3) is 0.941. The number of carbonyl (C=O) groups is 1. The number of hydrogen-bond donors (Lipinski definition) is 0. The third-order valence-corrected chi connectivity index (χ3v) is 6.92. The van der Waals surface area contributed by atoms with Crippen LogP contribution >= 0.6 is 0 Å². The summed E-state index contributed by atoms with van der Waals surface area (Å²) in [6.45, 7) is 0. The Morgan fingerprint density at radius 2 is 1.33 bits per heavy atom. The second kappa shape index (κ2) is 4.35. The highest BCUT2D eigenvalue weighted by Gasteiger charge is 2.49. The number of fused-ring (bicyclic) bond motifs is 5. The van der Waals surface area contributed by atoms with Crippen molar-refractivity contribution in [2.75, 3.05) is 0 Å². The summed E-state index contributed by atoms with van der Waals surface area (Å²) in [5, 5.41) is 0. The van der Waals surface area contributed by atoms with Crippen LogP contribution in [0.25, 0.3) is 0 Å². The molecular formula is C17H26O. The summed E-state index contributed by atoms with van der Waals surface area (Å²) in [6, 6.07) is 0. The van der Waals surface area contributed by atoms with E-state index in [9.17, 15) is 4.79 Å². The Morgan fingerprint density at radius 3 is 2.22 bits per heavy atom. The summed E-state index contributed by atoms with van der Waals surface area (Å²) in [5.74, 6) is 6.24. The minimum atomic E-state index is 0.580. The first-order valence-electron chi connectivity index (χ1n) is 8.34. The molecule has 4 saturated carbocycles. The van der Waals surface area contributed by atoms with E-state index in [4.69, 9.17) is 0 Å². The second-order valence-corrected chi connectivity index (χ2v) is 7.56. The Balaban J connectivity index is 1.56. The second-order valence-electron chi connectivity index (χ2n) is 7.56. The van der Waals surface area contributed by atoms with Crippen molar-refractivity contribution in [3.8, 4) is 0 Å². The maximum absolute atomic E-state index is 11.8. The molecule has 18 heavy (non-hydrogen) atoms. The smallest absolute Gasteiger partial charge is 0.133 e. The summed E-state index contributed by atoms with van der Waals surface area (Å²) < 4.78 is 0. The quantitative estimate of drug-likeness (QED) is 0.626. The lowest BCUT2D eigenvalue weighted by Crippen LogP contribution is -2.43. The van der Waals surface area contributed by atoms with Crippen LogP contribution < -0.4 is 0 Å². The lowest BCUT2D eigenvalue weighted by molar-refractivity contribution is -0.117. The van der Waals surface area contributed by atoms with Crippen LogP contribution in [0.3, 0.4) is 0 Å². The van der Waals surface area contributed by atoms with Gasteiger partial charge in [-0.25, -0.2) is 0 Å². The van der Waals surface area contributed by atoms with E-state index in [0.29, 0.717) is 5.78 Å². The molecule has 0 bridgehead atoms. The highest BCUT2D eigenvalue weighted by Crippen LogP contribution is 2.57. The molecule has 1 heteroatoms. The topological polar surface area (TPSA) is 17.1 Å². The summed E-state index contributed by atoms with van der Waals surface area (Å²) >= 11 is 0. The van der Waals surface area contributed by atoms with Crippen molar-refractivity contribution < 1.29 is 4.79 Å². The SMILES string of the molecule is O=C1CC2CCC3C(CC[C@@H]4CCCCC34)C2C1. The summed E-state index contributed by atoms with van der Waals surface area (Å²) in [5.41, 5.74) is 0. The third-order valence-electron chi connectivity index (χ3n) is 6.92. The molecule has 0 aromatic rings. The molecule has 6 atom stereocenters. The minimum Gasteiger partial charge on any atom is -0.300 e. The van der Waals surface area contributed by atoms with Gasteiger partial charge in [-0.2, -0.15) is 0 Å². The van der Waals surface area contributed by atoms with Crippen molar-refractivity contribution >= 4 is 5.78 Å². The zero-order chi connectivity index (χ0) is 12.1. The summed E-state index contributed by atoms with van der Waals surface area (Å²) in [6.07, 6.45) is 13.7.